The smallest absolute Gasteiger partial charge is 0.429 e. The molecule has 1 atom stereocenters. The number of amides is 1. The highest BCUT2D eigenvalue weighted by Gasteiger charge is 2.10. The van der Waals surface area contributed by atoms with E-state index in [1.54, 1.807) is 24.5 Å². The lowest BCUT2D eigenvalue weighted by Gasteiger charge is -2.16. The Morgan fingerprint density at radius 1 is 1.75 bits per heavy atom. The fraction of sp³-hybridized carbons (Fsp3) is 0.250. The normalized spacial score (nSPS) is 11.9. The fourth-order valence-corrected chi connectivity index (χ4v) is 1.12. The van der Waals surface area contributed by atoms with E-state index in [0.29, 0.717) is 0 Å². The van der Waals surface area contributed by atoms with E-state index in [9.17, 15) is 13.6 Å². The van der Waals surface area contributed by atoms with Crippen LogP contribution < -0.4 is 4.89 Å². The first kappa shape index (κ1) is 12.6. The number of aromatic nitrogens is 1. The van der Waals surface area contributed by atoms with Crippen LogP contribution in [0.4, 0.5) is 4.79 Å². The number of carbonyl (C=O) groups is 1. The minimum atomic E-state index is -2.63. The second-order valence-electron chi connectivity index (χ2n) is 2.90. The quantitative estimate of drug-likeness (QED) is 0.591. The second-order valence-corrected chi connectivity index (χ2v) is 3.54. The molecule has 0 radical (unpaired) electrons. The first-order chi connectivity index (χ1) is 7.59. The number of nitrogens with zero attached hydrogens (tertiary/aromatic N) is 2. The molecule has 16 heavy (non-hydrogen) atoms. The van der Waals surface area contributed by atoms with E-state index in [0.717, 1.165) is 5.56 Å². The number of rotatable bonds is 4. The van der Waals surface area contributed by atoms with Gasteiger partial charge in [-0.15, -0.1) is 0 Å². The van der Waals surface area contributed by atoms with E-state index in [1.807, 2.05) is 0 Å². The Morgan fingerprint density at radius 2 is 2.50 bits per heavy atom. The maximum absolute atomic E-state index is 11.2. The first-order valence-electron chi connectivity index (χ1n) is 4.25. The molecule has 0 aliphatic carbocycles. The monoisotopic (exact) mass is 244 g/mol. The maximum atomic E-state index is 11.2. The predicted molar refractivity (Wildman–Crippen MR) is 54.2 cm³/mol. The summed E-state index contributed by atoms with van der Waals surface area (Å²) >= 11 is -2.63. The van der Waals surface area contributed by atoms with Gasteiger partial charge in [-0.05, 0) is 11.6 Å². The van der Waals surface area contributed by atoms with Crippen molar-refractivity contribution in [3.05, 3.63) is 30.1 Å². The molecule has 88 valence electrons. The van der Waals surface area contributed by atoms with Gasteiger partial charge >= 0.3 is 6.09 Å². The van der Waals surface area contributed by atoms with Crippen LogP contribution in [0.5, 0.6) is 0 Å². The minimum Gasteiger partial charge on any atom is -0.758 e. The van der Waals surface area contributed by atoms with Crippen LogP contribution in [-0.4, -0.2) is 31.8 Å². The molecule has 1 amide bonds. The average Bonchev–Trinajstić information content (AvgIpc) is 2.27. The van der Waals surface area contributed by atoms with Crippen molar-refractivity contribution < 1.29 is 18.4 Å². The number of hydrogen-bond acceptors (Lipinski definition) is 5. The molecule has 1 aromatic rings. The van der Waals surface area contributed by atoms with Crippen molar-refractivity contribution in [1.29, 1.82) is 0 Å². The Balaban J connectivity index is 2.43. The third kappa shape index (κ3) is 4.34. The summed E-state index contributed by atoms with van der Waals surface area (Å²) in [5.41, 5.74) is 0.810. The highest BCUT2D eigenvalue weighted by atomic mass is 32.2. The molecular weight excluding hydrogens is 234 g/mol. The Morgan fingerprint density at radius 3 is 3.06 bits per heavy atom. The SMILES string of the molecule is CN(Cc1cccnc1)C(=O)ONS(=O)[O-]. The van der Waals surface area contributed by atoms with Gasteiger partial charge in [0.1, 0.15) is 0 Å². The lowest BCUT2D eigenvalue weighted by molar-refractivity contribution is 0.0885. The van der Waals surface area contributed by atoms with Crippen molar-refractivity contribution in [1.82, 2.24) is 14.8 Å². The first-order valence-corrected chi connectivity index (χ1v) is 5.33. The van der Waals surface area contributed by atoms with Gasteiger partial charge in [0, 0.05) is 19.4 Å². The van der Waals surface area contributed by atoms with Gasteiger partial charge < -0.3 is 14.3 Å². The molecule has 7 nitrogen and oxygen atoms in total. The third-order valence-corrected chi connectivity index (χ3v) is 1.87. The molecule has 1 N–H and O–H groups in total. The minimum absolute atomic E-state index is 0.278. The standard InChI is InChI=1S/C8H11N3O4S/c1-11(8(12)15-10-16(13)14)6-7-3-2-4-9-5-7/h2-5,10H,6H2,1H3,(H,13,14)/p-1. The topological polar surface area (TPSA) is 94.6 Å². The van der Waals surface area contributed by atoms with Crippen molar-refractivity contribution in [2.24, 2.45) is 0 Å². The van der Waals surface area contributed by atoms with Gasteiger partial charge in [0.15, 0.2) is 0 Å². The van der Waals surface area contributed by atoms with Crippen molar-refractivity contribution in [2.45, 2.75) is 6.54 Å². The summed E-state index contributed by atoms with van der Waals surface area (Å²) in [4.78, 5) is 22.0. The van der Waals surface area contributed by atoms with Crippen molar-refractivity contribution in [2.75, 3.05) is 7.05 Å². The Kier molecular flexibility index (Phi) is 4.83. The van der Waals surface area contributed by atoms with Crippen molar-refractivity contribution in [3.63, 3.8) is 0 Å². The maximum Gasteiger partial charge on any atom is 0.429 e. The largest absolute Gasteiger partial charge is 0.758 e. The molecule has 0 saturated carbocycles. The van der Waals surface area contributed by atoms with Gasteiger partial charge in [-0.2, -0.15) is 0 Å². The van der Waals surface area contributed by atoms with E-state index in [-0.39, 0.29) is 6.54 Å². The Labute approximate surface area is 94.8 Å². The Bertz CT molecular complexity index is 373. The molecule has 0 aliphatic heterocycles. The van der Waals surface area contributed by atoms with E-state index < -0.39 is 17.4 Å². The van der Waals surface area contributed by atoms with Crippen LogP contribution in [0, 0.1) is 0 Å². The van der Waals surface area contributed by atoms with Gasteiger partial charge in [0.25, 0.3) is 0 Å². The van der Waals surface area contributed by atoms with E-state index in [1.165, 1.54) is 16.8 Å². The number of nitrogens with one attached hydrogen (secondary N) is 1. The van der Waals surface area contributed by atoms with Crippen LogP contribution >= 0.6 is 0 Å². The molecule has 0 fully saturated rings. The van der Waals surface area contributed by atoms with Crippen LogP contribution in [0.3, 0.4) is 0 Å². The van der Waals surface area contributed by atoms with Gasteiger partial charge in [-0.1, -0.05) is 11.0 Å². The van der Waals surface area contributed by atoms with Gasteiger partial charge in [0.05, 0.1) is 17.8 Å². The predicted octanol–water partition coefficient (Wildman–Crippen LogP) is -0.0513. The fourth-order valence-electron chi connectivity index (χ4n) is 0.978. The summed E-state index contributed by atoms with van der Waals surface area (Å²) in [5.74, 6) is 0. The summed E-state index contributed by atoms with van der Waals surface area (Å²) < 4.78 is 20.1. The molecule has 0 bridgehead atoms. The molecule has 0 saturated heterocycles. The van der Waals surface area contributed by atoms with E-state index in [2.05, 4.69) is 9.82 Å². The highest BCUT2D eigenvalue weighted by Crippen LogP contribution is 2.01. The molecule has 0 spiro atoms. The summed E-state index contributed by atoms with van der Waals surface area (Å²) in [6, 6.07) is 3.52. The van der Waals surface area contributed by atoms with Crippen molar-refractivity contribution >= 4 is 17.4 Å². The molecule has 1 rings (SSSR count). The third-order valence-electron chi connectivity index (χ3n) is 1.65. The second kappa shape index (κ2) is 6.16. The number of hydrogen-bond donors (Lipinski definition) is 1. The lowest BCUT2D eigenvalue weighted by atomic mass is 10.3. The Hall–Kier alpha value is -1.51. The van der Waals surface area contributed by atoms with Gasteiger partial charge in [0.2, 0.25) is 0 Å². The van der Waals surface area contributed by atoms with Crippen LogP contribution in [0.25, 0.3) is 0 Å². The lowest BCUT2D eigenvalue weighted by Crippen LogP contribution is -2.32. The summed E-state index contributed by atoms with van der Waals surface area (Å²) in [5, 5.41) is 0. The van der Waals surface area contributed by atoms with Crippen LogP contribution in [0.15, 0.2) is 24.5 Å². The van der Waals surface area contributed by atoms with Crippen LogP contribution in [0.1, 0.15) is 5.56 Å². The van der Waals surface area contributed by atoms with Crippen LogP contribution in [-0.2, 0) is 22.6 Å². The van der Waals surface area contributed by atoms with Gasteiger partial charge in [-0.25, -0.2) is 4.79 Å². The number of pyridine rings is 1. The van der Waals surface area contributed by atoms with Gasteiger partial charge in [-0.3, -0.25) is 9.19 Å². The van der Waals surface area contributed by atoms with E-state index in [4.69, 9.17) is 0 Å². The summed E-state index contributed by atoms with van der Waals surface area (Å²) in [6.45, 7) is 0.278. The molecule has 8 heteroatoms. The summed E-state index contributed by atoms with van der Waals surface area (Å²) in [6.07, 6.45) is 2.42. The zero-order valence-corrected chi connectivity index (χ0v) is 9.27. The van der Waals surface area contributed by atoms with Crippen LogP contribution in [0.2, 0.25) is 0 Å². The zero-order chi connectivity index (χ0) is 12.0. The molecular formula is C8H10N3O4S-. The molecule has 1 heterocycles. The van der Waals surface area contributed by atoms with E-state index >= 15 is 0 Å². The number of carbonyl (C=O) groups excluding carboxylic acids is 1. The molecule has 0 aromatic carbocycles. The summed E-state index contributed by atoms with van der Waals surface area (Å²) in [7, 11) is 1.48. The zero-order valence-electron chi connectivity index (χ0n) is 8.45. The average molecular weight is 244 g/mol. The molecule has 0 aliphatic rings. The highest BCUT2D eigenvalue weighted by molar-refractivity contribution is 7.76. The van der Waals surface area contributed by atoms with Crippen molar-refractivity contribution in [3.8, 4) is 0 Å². The molecule has 1 unspecified atom stereocenters. The molecule has 1 aromatic heterocycles.